The third kappa shape index (κ3) is 22.7. The van der Waals surface area contributed by atoms with E-state index in [2.05, 4.69) is 16.0 Å². The number of likely N-dealkylation sites (N-methyl/N-ethyl adjacent to an activating group) is 2. The number of nitrogens with zero attached hydrogens (tertiary/aromatic N) is 5. The Morgan fingerprint density at radius 3 is 1.86 bits per heavy atom. The number of carbonyl (C=O) groups excluding carboxylic acids is 11. The molecule has 98 heavy (non-hydrogen) atoms. The SMILES string of the molecule is CC[C@H](C)[C@@H]([C@@H](CC(=O)N1CCC[C@H]1[C@H](OC)[C@@H](C)C(=O)C[C@@H](Cc1ccccc1)C(=O)N(C)Cc1ccc(NC(=O)[C@H](CCCNC(N)=O)CC(=O)[C@@H](NC(=O)CCC(=O)N2C3CCC2CC(C(=O)OC)C3)C(C)C)cc1)OC)N(C)C(=O)[C@@H](CC(=O)[C@H](C(C)C)N(C)C)C(C)C. The van der Waals surface area contributed by atoms with E-state index in [0.717, 1.165) is 24.0 Å². The van der Waals surface area contributed by atoms with Crippen molar-refractivity contribution in [2.75, 3.05) is 67.9 Å². The average Bonchev–Trinajstić information content (AvgIpc) is 1.62. The lowest BCUT2D eigenvalue weighted by Gasteiger charge is -2.41. The van der Waals surface area contributed by atoms with Gasteiger partial charge in [0.25, 0.3) is 0 Å². The number of carbonyl (C=O) groups is 11. The van der Waals surface area contributed by atoms with Crippen molar-refractivity contribution in [3.05, 3.63) is 65.7 Å². The van der Waals surface area contributed by atoms with Gasteiger partial charge in [0.05, 0.1) is 55.8 Å². The first-order valence-electron chi connectivity index (χ1n) is 35.6. The van der Waals surface area contributed by atoms with Crippen molar-refractivity contribution in [1.29, 1.82) is 0 Å². The summed E-state index contributed by atoms with van der Waals surface area (Å²) < 4.78 is 17.3. The van der Waals surface area contributed by atoms with Gasteiger partial charge in [-0.05, 0) is 119 Å². The molecular formula is C75H117N9O14. The summed E-state index contributed by atoms with van der Waals surface area (Å²) in [4.78, 5) is 160. The molecule has 2 aromatic carbocycles. The minimum absolute atomic E-state index is 0.0133. The molecule has 0 radical (unpaired) electrons. The van der Waals surface area contributed by atoms with E-state index in [1.165, 1.54) is 7.11 Å². The van der Waals surface area contributed by atoms with Crippen LogP contribution in [0.1, 0.15) is 170 Å². The summed E-state index contributed by atoms with van der Waals surface area (Å²) in [5.74, 6) is -6.21. The lowest BCUT2D eigenvalue weighted by Crippen LogP contribution is -2.54. The van der Waals surface area contributed by atoms with Crippen molar-refractivity contribution < 1.29 is 67.0 Å². The summed E-state index contributed by atoms with van der Waals surface area (Å²) in [7, 11) is 11.7. The first kappa shape index (κ1) is 81.6. The van der Waals surface area contributed by atoms with Crippen molar-refractivity contribution in [2.45, 2.75) is 220 Å². The van der Waals surface area contributed by atoms with Gasteiger partial charge in [-0.25, -0.2) is 4.79 Å². The van der Waals surface area contributed by atoms with E-state index < -0.39 is 71.9 Å². The number of methoxy groups -OCH3 is 3. The maximum atomic E-state index is 14.7. The number of nitrogens with one attached hydrogen (secondary N) is 3. The van der Waals surface area contributed by atoms with Gasteiger partial charge in [0.2, 0.25) is 35.4 Å². The van der Waals surface area contributed by atoms with Crippen LogP contribution in [0.5, 0.6) is 0 Å². The second kappa shape index (κ2) is 39.0. The molecule has 2 aromatic rings. The van der Waals surface area contributed by atoms with Crippen molar-refractivity contribution in [3.63, 3.8) is 0 Å². The topological polar surface area (TPSA) is 294 Å². The fourth-order valence-electron chi connectivity index (χ4n) is 15.4. The second-order valence-corrected chi connectivity index (χ2v) is 29.2. The number of urea groups is 1. The van der Waals surface area contributed by atoms with Gasteiger partial charge >= 0.3 is 12.0 Å². The van der Waals surface area contributed by atoms with Crippen LogP contribution < -0.4 is 21.7 Å². The second-order valence-electron chi connectivity index (χ2n) is 29.2. The van der Waals surface area contributed by atoms with Gasteiger partial charge in [0, 0.05) is 121 Å². The lowest BCUT2D eigenvalue weighted by atomic mass is 9.83. The van der Waals surface area contributed by atoms with Crippen LogP contribution in [0, 0.1) is 53.3 Å². The predicted molar refractivity (Wildman–Crippen MR) is 376 cm³/mol. The number of likely N-dealkylation sites (tertiary alicyclic amines) is 1. The highest BCUT2D eigenvalue weighted by atomic mass is 16.5. The van der Waals surface area contributed by atoms with Crippen LogP contribution in [-0.2, 0) is 75.1 Å². The molecule has 2 bridgehead atoms. The summed E-state index contributed by atoms with van der Waals surface area (Å²) in [5.41, 5.74) is 7.34. The Morgan fingerprint density at radius 2 is 1.31 bits per heavy atom. The number of nitrogens with two attached hydrogens (primary N) is 1. The largest absolute Gasteiger partial charge is 0.469 e. The number of ether oxygens (including phenoxy) is 3. The molecular weight excluding hydrogens is 1250 g/mol. The molecule has 13 atom stereocenters. The zero-order valence-corrected chi connectivity index (χ0v) is 61.5. The molecule has 5 rings (SSSR count). The summed E-state index contributed by atoms with van der Waals surface area (Å²) in [6.45, 7) is 18.1. The summed E-state index contributed by atoms with van der Waals surface area (Å²) in [6.07, 6.45) is 3.53. The van der Waals surface area contributed by atoms with Gasteiger partial charge in [-0.3, -0.25) is 52.8 Å². The molecule has 0 saturated carbocycles. The smallest absolute Gasteiger partial charge is 0.312 e. The molecule has 546 valence electrons. The van der Waals surface area contributed by atoms with E-state index in [1.54, 1.807) is 88.1 Å². The van der Waals surface area contributed by atoms with Gasteiger partial charge < -0.3 is 55.5 Å². The van der Waals surface area contributed by atoms with E-state index in [4.69, 9.17) is 19.9 Å². The van der Waals surface area contributed by atoms with Crippen LogP contribution in [0.3, 0.4) is 0 Å². The number of anilines is 1. The van der Waals surface area contributed by atoms with Gasteiger partial charge in [-0.2, -0.15) is 0 Å². The zero-order valence-electron chi connectivity index (χ0n) is 61.5. The van der Waals surface area contributed by atoms with E-state index in [1.807, 2.05) is 95.8 Å². The Bertz CT molecular complexity index is 2980. The number of piperidine rings is 1. The van der Waals surface area contributed by atoms with Crippen LogP contribution in [0.25, 0.3) is 0 Å². The van der Waals surface area contributed by atoms with E-state index in [9.17, 15) is 52.7 Å². The number of rotatable bonds is 40. The maximum absolute atomic E-state index is 14.7. The average molecular weight is 1370 g/mol. The predicted octanol–water partition coefficient (Wildman–Crippen LogP) is 8.03. The Balaban J connectivity index is 1.24. The molecule has 3 aliphatic heterocycles. The number of Topliss-reactive ketones (excluding diaryl/α,β-unsaturated/α-hetero) is 3. The molecule has 3 fully saturated rings. The van der Waals surface area contributed by atoms with Crippen molar-refractivity contribution in [3.8, 4) is 0 Å². The van der Waals surface area contributed by atoms with Crippen molar-refractivity contribution in [2.24, 2.45) is 59.0 Å². The number of hydrogen-bond donors (Lipinski definition) is 4. The maximum Gasteiger partial charge on any atom is 0.312 e. The van der Waals surface area contributed by atoms with Gasteiger partial charge in [0.15, 0.2) is 11.6 Å². The molecule has 3 heterocycles. The van der Waals surface area contributed by atoms with E-state index in [-0.39, 0.29) is 159 Å². The van der Waals surface area contributed by atoms with Crippen LogP contribution >= 0.6 is 0 Å². The zero-order chi connectivity index (χ0) is 72.8. The fourth-order valence-corrected chi connectivity index (χ4v) is 15.4. The van der Waals surface area contributed by atoms with Crippen LogP contribution in [0.2, 0.25) is 0 Å². The number of amides is 8. The minimum Gasteiger partial charge on any atom is -0.469 e. The molecule has 0 aliphatic carbocycles. The normalized spacial score (nSPS) is 19.9. The monoisotopic (exact) mass is 1370 g/mol. The highest BCUT2D eigenvalue weighted by Crippen LogP contribution is 2.40. The Kier molecular flexibility index (Phi) is 32.5. The minimum atomic E-state index is -0.955. The number of fused-ring (bicyclic) bond motifs is 2. The number of hydrogen-bond acceptors (Lipinski definition) is 15. The van der Waals surface area contributed by atoms with Crippen molar-refractivity contribution in [1.82, 2.24) is 35.1 Å². The molecule has 8 amide bonds. The number of primary amides is 1. The fraction of sp³-hybridized carbons (Fsp3) is 0.693. The highest BCUT2D eigenvalue weighted by Gasteiger charge is 2.47. The van der Waals surface area contributed by atoms with E-state index >= 15 is 0 Å². The molecule has 2 unspecified atom stereocenters. The van der Waals surface area contributed by atoms with Crippen molar-refractivity contribution >= 4 is 70.5 Å². The summed E-state index contributed by atoms with van der Waals surface area (Å²) >= 11 is 0. The standard InChI is InChI=1S/C75H117N9O14/c1-17-48(8)69(82(13)73(93)58(45(2)3)42-62(87)68(47(6)7)80(10)11)63(96-14)43-66(90)83-36-22-26-59(83)70(97-15)49(9)60(85)41-53(37-50-23-19-18-20-24-50)72(92)81(12)44-51-27-29-55(30-28-51)78-71(91)52(25-21-35-77-75(76)95)40-61(86)67(46(4)5)79-64(88)33-34-65(89)84-56-31-32-57(84)39-54(38-56)74(94)98-16/h18-20,23-24,27-30,45-49,52-54,56-59,63,67-70H,17,21-22,25-26,31-44H2,1-16H3,(H,78,91)(H,79,88)(H3,76,77,95)/t48-,49-,52+,53+,54?,56?,57?,58-,59-,63+,67-,68-,69-,70+/m0/s1. The number of esters is 1. The van der Waals surface area contributed by atoms with Gasteiger partial charge in [0.1, 0.15) is 5.78 Å². The molecule has 0 aromatic heterocycles. The molecule has 0 spiro atoms. The van der Waals surface area contributed by atoms with Crippen LogP contribution in [0.15, 0.2) is 54.6 Å². The molecule has 23 nitrogen and oxygen atoms in total. The lowest BCUT2D eigenvalue weighted by molar-refractivity contribution is -0.151. The van der Waals surface area contributed by atoms with Gasteiger partial charge in [-0.15, -0.1) is 0 Å². The summed E-state index contributed by atoms with van der Waals surface area (Å²) in [6, 6.07) is 13.3. The third-order valence-electron chi connectivity index (χ3n) is 20.9. The Labute approximate surface area is 582 Å². The van der Waals surface area contributed by atoms with E-state index in [0.29, 0.717) is 50.8 Å². The highest BCUT2D eigenvalue weighted by molar-refractivity contribution is 5.98. The molecule has 5 N–H and O–H groups in total. The van der Waals surface area contributed by atoms with Crippen LogP contribution in [0.4, 0.5) is 10.5 Å². The molecule has 3 saturated heterocycles. The Hall–Kier alpha value is -7.11. The van der Waals surface area contributed by atoms with Gasteiger partial charge in [-0.1, -0.05) is 111 Å². The number of ketones is 3. The molecule has 3 aliphatic rings. The first-order valence-corrected chi connectivity index (χ1v) is 35.6. The van der Waals surface area contributed by atoms with Crippen LogP contribution in [-0.4, -0.2) is 200 Å². The third-order valence-corrected chi connectivity index (χ3v) is 20.9. The quantitative estimate of drug-likeness (QED) is 0.0363. The Morgan fingerprint density at radius 1 is 0.673 bits per heavy atom. The number of benzene rings is 2. The summed E-state index contributed by atoms with van der Waals surface area (Å²) in [5, 5.41) is 8.28. The molecule has 23 heteroatoms. The first-order chi connectivity index (χ1) is 46.4.